The molecule has 78 valence electrons. The highest BCUT2D eigenvalue weighted by Gasteiger charge is 2.11. The number of hydrogen-bond acceptors (Lipinski definition) is 2. The molecule has 0 radical (unpaired) electrons. The molecule has 0 spiro atoms. The SMILES string of the molecule is CC(CCCl)CCN1CCSCC1. The molecule has 0 aromatic carbocycles. The first-order valence-corrected chi connectivity index (χ1v) is 6.88. The number of alkyl halides is 1. The molecule has 1 nitrogen and oxygen atoms in total. The van der Waals surface area contributed by atoms with Crippen molar-refractivity contribution < 1.29 is 0 Å². The highest BCUT2D eigenvalue weighted by atomic mass is 35.5. The molecule has 1 unspecified atom stereocenters. The molecule has 0 aliphatic carbocycles. The third kappa shape index (κ3) is 5.14. The van der Waals surface area contributed by atoms with Crippen LogP contribution < -0.4 is 0 Å². The summed E-state index contributed by atoms with van der Waals surface area (Å²) in [5, 5.41) is 0. The van der Waals surface area contributed by atoms with Gasteiger partial charge < -0.3 is 4.90 Å². The lowest BCUT2D eigenvalue weighted by atomic mass is 10.1. The first-order chi connectivity index (χ1) is 6.33. The van der Waals surface area contributed by atoms with Gasteiger partial charge in [0.05, 0.1) is 0 Å². The lowest BCUT2D eigenvalue weighted by Crippen LogP contribution is -2.34. The van der Waals surface area contributed by atoms with Gasteiger partial charge >= 0.3 is 0 Å². The molecular weight excluding hydrogens is 202 g/mol. The minimum atomic E-state index is 0.798. The van der Waals surface area contributed by atoms with Gasteiger partial charge in [-0.1, -0.05) is 6.92 Å². The minimum Gasteiger partial charge on any atom is -0.302 e. The van der Waals surface area contributed by atoms with Gasteiger partial charge in [-0.2, -0.15) is 11.8 Å². The zero-order valence-corrected chi connectivity index (χ0v) is 10.0. The molecule has 13 heavy (non-hydrogen) atoms. The van der Waals surface area contributed by atoms with E-state index in [1.807, 2.05) is 0 Å². The van der Waals surface area contributed by atoms with Crippen molar-refractivity contribution in [1.29, 1.82) is 0 Å². The summed E-state index contributed by atoms with van der Waals surface area (Å²) in [6, 6.07) is 0. The summed E-state index contributed by atoms with van der Waals surface area (Å²) in [4.78, 5) is 2.58. The van der Waals surface area contributed by atoms with E-state index < -0.39 is 0 Å². The van der Waals surface area contributed by atoms with E-state index in [0.29, 0.717) is 0 Å². The Morgan fingerprint density at radius 2 is 2.00 bits per heavy atom. The summed E-state index contributed by atoms with van der Waals surface area (Å²) in [7, 11) is 0. The summed E-state index contributed by atoms with van der Waals surface area (Å²) < 4.78 is 0. The van der Waals surface area contributed by atoms with Crippen LogP contribution in [0.3, 0.4) is 0 Å². The van der Waals surface area contributed by atoms with Crippen molar-refractivity contribution in [2.75, 3.05) is 37.0 Å². The number of hydrogen-bond donors (Lipinski definition) is 0. The molecule has 0 saturated carbocycles. The summed E-state index contributed by atoms with van der Waals surface area (Å²) in [6.45, 7) is 6.16. The van der Waals surface area contributed by atoms with E-state index in [2.05, 4.69) is 23.6 Å². The molecule has 1 heterocycles. The van der Waals surface area contributed by atoms with E-state index in [-0.39, 0.29) is 0 Å². The van der Waals surface area contributed by atoms with Gasteiger partial charge in [0.1, 0.15) is 0 Å². The molecule has 0 aromatic rings. The Balaban J connectivity index is 2.03. The van der Waals surface area contributed by atoms with Crippen molar-refractivity contribution in [2.45, 2.75) is 19.8 Å². The van der Waals surface area contributed by atoms with Gasteiger partial charge in [-0.3, -0.25) is 0 Å². The molecule has 1 aliphatic heterocycles. The first kappa shape index (κ1) is 11.7. The van der Waals surface area contributed by atoms with Crippen LogP contribution in [0.4, 0.5) is 0 Å². The van der Waals surface area contributed by atoms with E-state index in [0.717, 1.165) is 11.8 Å². The number of rotatable bonds is 5. The average Bonchev–Trinajstić information content (AvgIpc) is 2.17. The van der Waals surface area contributed by atoms with Gasteiger partial charge in [0.25, 0.3) is 0 Å². The van der Waals surface area contributed by atoms with Gasteiger partial charge in [0, 0.05) is 30.5 Å². The Labute approximate surface area is 91.2 Å². The highest BCUT2D eigenvalue weighted by Crippen LogP contribution is 2.13. The Morgan fingerprint density at radius 3 is 2.62 bits per heavy atom. The smallest absolute Gasteiger partial charge is 0.0225 e. The quantitative estimate of drug-likeness (QED) is 0.657. The van der Waals surface area contributed by atoms with Crippen molar-refractivity contribution in [1.82, 2.24) is 4.90 Å². The Hall–Kier alpha value is 0.600. The highest BCUT2D eigenvalue weighted by molar-refractivity contribution is 7.99. The van der Waals surface area contributed by atoms with Gasteiger partial charge in [-0.15, -0.1) is 11.6 Å². The summed E-state index contributed by atoms with van der Waals surface area (Å²) in [5.41, 5.74) is 0. The van der Waals surface area contributed by atoms with Crippen LogP contribution in [-0.2, 0) is 0 Å². The second-order valence-corrected chi connectivity index (χ2v) is 5.43. The summed E-state index contributed by atoms with van der Waals surface area (Å²) in [6.07, 6.45) is 2.49. The van der Waals surface area contributed by atoms with Gasteiger partial charge in [0.2, 0.25) is 0 Å². The zero-order valence-electron chi connectivity index (χ0n) is 8.47. The maximum atomic E-state index is 5.70. The fraction of sp³-hybridized carbons (Fsp3) is 1.00. The van der Waals surface area contributed by atoms with E-state index in [4.69, 9.17) is 11.6 Å². The lowest BCUT2D eigenvalue weighted by molar-refractivity contribution is 0.277. The van der Waals surface area contributed by atoms with Crippen molar-refractivity contribution in [2.24, 2.45) is 5.92 Å². The van der Waals surface area contributed by atoms with Gasteiger partial charge in [-0.05, 0) is 25.3 Å². The van der Waals surface area contributed by atoms with E-state index in [1.54, 1.807) is 0 Å². The number of nitrogens with zero attached hydrogens (tertiary/aromatic N) is 1. The second-order valence-electron chi connectivity index (χ2n) is 3.83. The van der Waals surface area contributed by atoms with Crippen molar-refractivity contribution in [3.05, 3.63) is 0 Å². The molecule has 1 saturated heterocycles. The minimum absolute atomic E-state index is 0.798. The summed E-state index contributed by atoms with van der Waals surface area (Å²) in [5.74, 6) is 4.26. The van der Waals surface area contributed by atoms with Crippen LogP contribution in [-0.4, -0.2) is 41.9 Å². The van der Waals surface area contributed by atoms with Crippen LogP contribution in [0.5, 0.6) is 0 Å². The van der Waals surface area contributed by atoms with Crippen LogP contribution in [0.1, 0.15) is 19.8 Å². The van der Waals surface area contributed by atoms with Crippen LogP contribution in [0, 0.1) is 5.92 Å². The van der Waals surface area contributed by atoms with Gasteiger partial charge in [-0.25, -0.2) is 0 Å². The molecule has 3 heteroatoms. The Morgan fingerprint density at radius 1 is 1.31 bits per heavy atom. The topological polar surface area (TPSA) is 3.24 Å². The predicted molar refractivity (Wildman–Crippen MR) is 62.9 cm³/mol. The van der Waals surface area contributed by atoms with Crippen LogP contribution in [0.25, 0.3) is 0 Å². The first-order valence-electron chi connectivity index (χ1n) is 5.19. The molecule has 1 fully saturated rings. The third-order valence-corrected chi connectivity index (χ3v) is 3.80. The summed E-state index contributed by atoms with van der Waals surface area (Å²) >= 11 is 7.78. The van der Waals surface area contributed by atoms with Crippen molar-refractivity contribution in [3.63, 3.8) is 0 Å². The maximum absolute atomic E-state index is 5.70. The second kappa shape index (κ2) is 6.97. The van der Waals surface area contributed by atoms with E-state index >= 15 is 0 Å². The van der Waals surface area contributed by atoms with E-state index in [9.17, 15) is 0 Å². The van der Waals surface area contributed by atoms with Crippen molar-refractivity contribution in [3.8, 4) is 0 Å². The third-order valence-electron chi connectivity index (χ3n) is 2.64. The molecule has 1 rings (SSSR count). The molecular formula is C10H20ClNS. The predicted octanol–water partition coefficient (Wildman–Crippen LogP) is 2.69. The Kier molecular flexibility index (Phi) is 6.26. The van der Waals surface area contributed by atoms with Crippen LogP contribution in [0.15, 0.2) is 0 Å². The van der Waals surface area contributed by atoms with Crippen molar-refractivity contribution >= 4 is 23.4 Å². The number of halogens is 1. The fourth-order valence-corrected chi connectivity index (χ4v) is 2.91. The number of thioether (sulfide) groups is 1. The van der Waals surface area contributed by atoms with Gasteiger partial charge in [0.15, 0.2) is 0 Å². The largest absolute Gasteiger partial charge is 0.302 e. The molecule has 1 atom stereocenters. The normalized spacial score (nSPS) is 21.7. The molecule has 0 bridgehead atoms. The van der Waals surface area contributed by atoms with Crippen LogP contribution >= 0.6 is 23.4 Å². The fourth-order valence-electron chi connectivity index (χ4n) is 1.56. The molecule has 0 amide bonds. The monoisotopic (exact) mass is 221 g/mol. The standard InChI is InChI=1S/C10H20ClNS/c1-10(2-4-11)3-5-12-6-8-13-9-7-12/h10H,2-9H2,1H3. The Bertz CT molecular complexity index is 126. The van der Waals surface area contributed by atoms with Crippen LogP contribution in [0.2, 0.25) is 0 Å². The lowest BCUT2D eigenvalue weighted by Gasteiger charge is -2.27. The average molecular weight is 222 g/mol. The zero-order chi connectivity index (χ0) is 9.52. The molecule has 0 N–H and O–H groups in total. The molecule has 1 aliphatic rings. The maximum Gasteiger partial charge on any atom is 0.0225 e. The molecule has 0 aromatic heterocycles. The van der Waals surface area contributed by atoms with E-state index in [1.165, 1.54) is 44.0 Å².